The minimum atomic E-state index is -0.265. The van der Waals surface area contributed by atoms with Crippen molar-refractivity contribution in [1.29, 1.82) is 0 Å². The lowest BCUT2D eigenvalue weighted by atomic mass is 10.1. The maximum atomic E-state index is 12.4. The van der Waals surface area contributed by atoms with E-state index in [4.69, 9.17) is 4.74 Å². The Morgan fingerprint density at radius 3 is 2.83 bits per heavy atom. The van der Waals surface area contributed by atoms with Crippen LogP contribution in [-0.4, -0.2) is 31.9 Å². The molecule has 1 atom stereocenters. The molecule has 1 heterocycles. The Balaban J connectivity index is 2.14. The zero-order valence-electron chi connectivity index (χ0n) is 10.9. The van der Waals surface area contributed by atoms with Crippen molar-refractivity contribution in [3.05, 3.63) is 24.3 Å². The van der Waals surface area contributed by atoms with Gasteiger partial charge in [-0.1, -0.05) is 12.1 Å². The zero-order chi connectivity index (χ0) is 13.0. The van der Waals surface area contributed by atoms with E-state index in [0.717, 1.165) is 29.8 Å². The van der Waals surface area contributed by atoms with E-state index in [1.54, 1.807) is 16.7 Å². The molecule has 0 aromatic heterocycles. The Labute approximate surface area is 113 Å². The molecule has 2 rings (SSSR count). The SMILES string of the molecule is CSc1ccccc1N(C)C(=O)[C@@H]1CCCCO1. The molecule has 1 saturated heterocycles. The molecule has 0 N–H and O–H groups in total. The van der Waals surface area contributed by atoms with Gasteiger partial charge in [-0.15, -0.1) is 11.8 Å². The Morgan fingerprint density at radius 2 is 2.17 bits per heavy atom. The van der Waals surface area contributed by atoms with Gasteiger partial charge in [-0.3, -0.25) is 4.79 Å². The van der Waals surface area contributed by atoms with Gasteiger partial charge >= 0.3 is 0 Å². The smallest absolute Gasteiger partial charge is 0.255 e. The summed E-state index contributed by atoms with van der Waals surface area (Å²) in [6.45, 7) is 0.703. The molecule has 1 aliphatic rings. The average Bonchev–Trinajstić information content (AvgIpc) is 2.46. The lowest BCUT2D eigenvalue weighted by Gasteiger charge is -2.27. The molecule has 1 aromatic carbocycles. The first-order valence-electron chi connectivity index (χ1n) is 6.26. The summed E-state index contributed by atoms with van der Waals surface area (Å²) in [6.07, 6.45) is 4.74. The van der Waals surface area contributed by atoms with Crippen LogP contribution < -0.4 is 4.90 Å². The third-order valence-electron chi connectivity index (χ3n) is 3.23. The van der Waals surface area contributed by atoms with Crippen LogP contribution in [0.3, 0.4) is 0 Å². The largest absolute Gasteiger partial charge is 0.368 e. The van der Waals surface area contributed by atoms with Gasteiger partial charge in [0, 0.05) is 18.6 Å². The minimum Gasteiger partial charge on any atom is -0.368 e. The van der Waals surface area contributed by atoms with Crippen molar-refractivity contribution in [3.8, 4) is 0 Å². The quantitative estimate of drug-likeness (QED) is 0.787. The number of hydrogen-bond acceptors (Lipinski definition) is 3. The van der Waals surface area contributed by atoms with Crippen molar-refractivity contribution in [2.75, 3.05) is 24.8 Å². The maximum absolute atomic E-state index is 12.4. The van der Waals surface area contributed by atoms with Crippen LogP contribution in [0.5, 0.6) is 0 Å². The molecule has 1 amide bonds. The van der Waals surface area contributed by atoms with Gasteiger partial charge in [0.25, 0.3) is 5.91 Å². The fraction of sp³-hybridized carbons (Fsp3) is 0.500. The summed E-state index contributed by atoms with van der Waals surface area (Å²) in [5.41, 5.74) is 0.962. The molecule has 1 fully saturated rings. The monoisotopic (exact) mass is 265 g/mol. The van der Waals surface area contributed by atoms with E-state index < -0.39 is 0 Å². The molecule has 0 spiro atoms. The van der Waals surface area contributed by atoms with E-state index in [2.05, 4.69) is 0 Å². The van der Waals surface area contributed by atoms with E-state index in [1.165, 1.54) is 0 Å². The number of carbonyl (C=O) groups is 1. The number of thioether (sulfide) groups is 1. The first-order chi connectivity index (χ1) is 8.74. The van der Waals surface area contributed by atoms with Crippen LogP contribution >= 0.6 is 11.8 Å². The molecule has 3 nitrogen and oxygen atoms in total. The number of nitrogens with zero attached hydrogens (tertiary/aromatic N) is 1. The minimum absolute atomic E-state index is 0.0659. The van der Waals surface area contributed by atoms with E-state index in [0.29, 0.717) is 6.61 Å². The second-order valence-corrected chi connectivity index (χ2v) is 5.27. The molecule has 0 radical (unpaired) electrons. The molecule has 98 valence electrons. The number of amides is 1. The summed E-state index contributed by atoms with van der Waals surface area (Å²) in [7, 11) is 1.83. The van der Waals surface area contributed by atoms with E-state index in [-0.39, 0.29) is 12.0 Å². The van der Waals surface area contributed by atoms with Gasteiger partial charge in [-0.25, -0.2) is 0 Å². The molecule has 0 unspecified atom stereocenters. The normalized spacial score (nSPS) is 19.6. The highest BCUT2D eigenvalue weighted by atomic mass is 32.2. The van der Waals surface area contributed by atoms with E-state index >= 15 is 0 Å². The van der Waals surface area contributed by atoms with Crippen molar-refractivity contribution >= 4 is 23.4 Å². The summed E-state index contributed by atoms with van der Waals surface area (Å²) in [5, 5.41) is 0. The van der Waals surface area contributed by atoms with Gasteiger partial charge < -0.3 is 9.64 Å². The van der Waals surface area contributed by atoms with Crippen LogP contribution in [0.4, 0.5) is 5.69 Å². The summed E-state index contributed by atoms with van der Waals surface area (Å²) < 4.78 is 5.56. The van der Waals surface area contributed by atoms with Crippen LogP contribution in [0.1, 0.15) is 19.3 Å². The van der Waals surface area contributed by atoms with Crippen molar-refractivity contribution < 1.29 is 9.53 Å². The topological polar surface area (TPSA) is 29.5 Å². The molecule has 0 saturated carbocycles. The van der Waals surface area contributed by atoms with Crippen molar-refractivity contribution in [2.45, 2.75) is 30.3 Å². The lowest BCUT2D eigenvalue weighted by Crippen LogP contribution is -2.40. The number of rotatable bonds is 3. The van der Waals surface area contributed by atoms with Crippen LogP contribution in [0.15, 0.2) is 29.2 Å². The number of anilines is 1. The molecular weight excluding hydrogens is 246 g/mol. The van der Waals surface area contributed by atoms with Crippen LogP contribution in [-0.2, 0) is 9.53 Å². The van der Waals surface area contributed by atoms with Crippen LogP contribution in [0, 0.1) is 0 Å². The van der Waals surface area contributed by atoms with Gasteiger partial charge in [0.15, 0.2) is 0 Å². The third kappa shape index (κ3) is 2.87. The number of benzene rings is 1. The van der Waals surface area contributed by atoms with Crippen LogP contribution in [0.25, 0.3) is 0 Å². The summed E-state index contributed by atoms with van der Waals surface area (Å²) in [5.74, 6) is 0.0659. The van der Waals surface area contributed by atoms with Crippen molar-refractivity contribution in [3.63, 3.8) is 0 Å². The number of para-hydroxylation sites is 1. The summed E-state index contributed by atoms with van der Waals surface area (Å²) >= 11 is 1.65. The Kier molecular flexibility index (Phi) is 4.66. The predicted molar refractivity (Wildman–Crippen MR) is 75.2 cm³/mol. The number of hydrogen-bond donors (Lipinski definition) is 0. The van der Waals surface area contributed by atoms with Gasteiger partial charge in [-0.05, 0) is 37.7 Å². The van der Waals surface area contributed by atoms with E-state index in [1.807, 2.05) is 37.6 Å². The first kappa shape index (κ1) is 13.4. The summed E-state index contributed by atoms with van der Waals surface area (Å²) in [6, 6.07) is 7.96. The molecule has 0 bridgehead atoms. The Bertz CT molecular complexity index is 416. The van der Waals surface area contributed by atoms with Gasteiger partial charge in [0.2, 0.25) is 0 Å². The molecule has 4 heteroatoms. The van der Waals surface area contributed by atoms with Gasteiger partial charge in [-0.2, -0.15) is 0 Å². The van der Waals surface area contributed by atoms with Crippen LogP contribution in [0.2, 0.25) is 0 Å². The number of likely N-dealkylation sites (N-methyl/N-ethyl adjacent to an activating group) is 1. The molecule has 1 aromatic rings. The fourth-order valence-corrected chi connectivity index (χ4v) is 2.81. The molecule has 1 aliphatic heterocycles. The number of ether oxygens (including phenoxy) is 1. The fourth-order valence-electron chi connectivity index (χ4n) is 2.18. The molecule has 0 aliphatic carbocycles. The lowest BCUT2D eigenvalue weighted by molar-refractivity contribution is -0.132. The highest BCUT2D eigenvalue weighted by Gasteiger charge is 2.26. The highest BCUT2D eigenvalue weighted by molar-refractivity contribution is 7.98. The Hall–Kier alpha value is -1.00. The van der Waals surface area contributed by atoms with E-state index in [9.17, 15) is 4.79 Å². The summed E-state index contributed by atoms with van der Waals surface area (Å²) in [4.78, 5) is 15.2. The molecular formula is C14H19NO2S. The standard InChI is InChI=1S/C14H19NO2S/c1-15(11-7-3-4-9-13(11)18-2)14(16)12-8-5-6-10-17-12/h3-4,7,9,12H,5-6,8,10H2,1-2H3/t12-/m0/s1. The second kappa shape index (κ2) is 6.25. The first-order valence-corrected chi connectivity index (χ1v) is 7.48. The Morgan fingerprint density at radius 1 is 1.39 bits per heavy atom. The highest BCUT2D eigenvalue weighted by Crippen LogP contribution is 2.28. The van der Waals surface area contributed by atoms with Crippen molar-refractivity contribution in [2.24, 2.45) is 0 Å². The van der Waals surface area contributed by atoms with Crippen molar-refractivity contribution in [1.82, 2.24) is 0 Å². The van der Waals surface area contributed by atoms with Gasteiger partial charge in [0.05, 0.1) is 5.69 Å². The maximum Gasteiger partial charge on any atom is 0.255 e. The number of carbonyl (C=O) groups excluding carboxylic acids is 1. The second-order valence-electron chi connectivity index (χ2n) is 4.42. The zero-order valence-corrected chi connectivity index (χ0v) is 11.7. The molecule has 18 heavy (non-hydrogen) atoms. The third-order valence-corrected chi connectivity index (χ3v) is 4.02. The van der Waals surface area contributed by atoms with Gasteiger partial charge in [0.1, 0.15) is 6.10 Å². The predicted octanol–water partition coefficient (Wildman–Crippen LogP) is 2.94. The average molecular weight is 265 g/mol.